The lowest BCUT2D eigenvalue weighted by Crippen LogP contribution is -2.33. The smallest absolute Gasteiger partial charge is 0.150 e. The van der Waals surface area contributed by atoms with Crippen molar-refractivity contribution in [2.24, 2.45) is 17.3 Å². The second-order valence-electron chi connectivity index (χ2n) is 6.94. The maximum atomic E-state index is 11.9. The zero-order valence-corrected chi connectivity index (χ0v) is 13.6. The molecule has 1 aliphatic carbocycles. The fraction of sp³-hybridized carbons (Fsp3) is 0.933. The third-order valence-electron chi connectivity index (χ3n) is 4.28. The molecule has 0 radical (unpaired) electrons. The van der Waals surface area contributed by atoms with E-state index in [4.69, 9.17) is 0 Å². The van der Waals surface area contributed by atoms with Crippen molar-refractivity contribution in [2.75, 3.05) is 11.5 Å². The topological polar surface area (TPSA) is 51.2 Å². The summed E-state index contributed by atoms with van der Waals surface area (Å²) < 4.78 is 23.5. The third-order valence-corrected chi connectivity index (χ3v) is 6.17. The van der Waals surface area contributed by atoms with Gasteiger partial charge in [0, 0.05) is 18.1 Å². The van der Waals surface area contributed by atoms with Crippen LogP contribution < -0.4 is 0 Å². The van der Waals surface area contributed by atoms with E-state index in [1.807, 2.05) is 6.92 Å². The molecule has 4 heteroatoms. The summed E-state index contributed by atoms with van der Waals surface area (Å²) in [5, 5.41) is 0. The number of rotatable bonds is 5. The maximum absolute atomic E-state index is 11.9. The van der Waals surface area contributed by atoms with Crippen LogP contribution in [0.15, 0.2) is 0 Å². The highest BCUT2D eigenvalue weighted by Crippen LogP contribution is 2.39. The van der Waals surface area contributed by atoms with Crippen molar-refractivity contribution in [2.45, 2.75) is 59.8 Å². The van der Waals surface area contributed by atoms with Crippen molar-refractivity contribution in [3.8, 4) is 0 Å². The van der Waals surface area contributed by atoms with E-state index < -0.39 is 9.84 Å². The van der Waals surface area contributed by atoms with Crippen LogP contribution in [0.1, 0.15) is 59.8 Å². The Labute approximate surface area is 118 Å². The maximum Gasteiger partial charge on any atom is 0.150 e. The van der Waals surface area contributed by atoms with Crippen molar-refractivity contribution in [1.82, 2.24) is 0 Å². The Bertz CT molecular complexity index is 404. The normalized spacial score (nSPS) is 25.6. The highest BCUT2D eigenvalue weighted by molar-refractivity contribution is 7.91. The summed E-state index contributed by atoms with van der Waals surface area (Å²) in [5.74, 6) is 1.19. The molecular formula is C15H28O3S. The lowest BCUT2D eigenvalue weighted by molar-refractivity contribution is -0.126. The summed E-state index contributed by atoms with van der Waals surface area (Å²) in [4.78, 5) is 11.9. The van der Waals surface area contributed by atoms with Gasteiger partial charge >= 0.3 is 0 Å². The molecule has 0 heterocycles. The predicted octanol–water partition coefficient (Wildman–Crippen LogP) is 3.23. The Morgan fingerprint density at radius 1 is 1.21 bits per heavy atom. The van der Waals surface area contributed by atoms with E-state index in [9.17, 15) is 13.2 Å². The number of hydrogen-bond acceptors (Lipinski definition) is 3. The van der Waals surface area contributed by atoms with E-state index in [0.717, 1.165) is 12.8 Å². The van der Waals surface area contributed by atoms with E-state index in [1.165, 1.54) is 0 Å². The van der Waals surface area contributed by atoms with E-state index in [-0.39, 0.29) is 28.6 Å². The number of Topliss-reactive ketones (excluding diaryl/α,β-unsaturated/α-hetero) is 1. The van der Waals surface area contributed by atoms with Crippen molar-refractivity contribution in [3.05, 3.63) is 0 Å². The van der Waals surface area contributed by atoms with Gasteiger partial charge in [0.15, 0.2) is 0 Å². The van der Waals surface area contributed by atoms with Gasteiger partial charge in [0.25, 0.3) is 0 Å². The largest absolute Gasteiger partial charge is 0.299 e. The molecule has 0 saturated heterocycles. The first-order valence-corrected chi connectivity index (χ1v) is 9.21. The second kappa shape index (κ2) is 6.38. The molecule has 1 saturated carbocycles. The summed E-state index contributed by atoms with van der Waals surface area (Å²) in [6.45, 7) is 8.49. The van der Waals surface area contributed by atoms with Gasteiger partial charge in [-0.3, -0.25) is 4.79 Å². The molecule has 2 atom stereocenters. The summed E-state index contributed by atoms with van der Waals surface area (Å²) in [5.41, 5.74) is 0.210. The Balaban J connectivity index is 2.59. The first-order chi connectivity index (χ1) is 8.65. The van der Waals surface area contributed by atoms with Gasteiger partial charge in [0.1, 0.15) is 15.6 Å². The molecule has 0 N–H and O–H groups in total. The Kier molecular flexibility index (Phi) is 5.60. The molecule has 0 bridgehead atoms. The lowest BCUT2D eigenvalue weighted by Gasteiger charge is -2.37. The monoisotopic (exact) mass is 288 g/mol. The first-order valence-electron chi connectivity index (χ1n) is 7.39. The minimum Gasteiger partial charge on any atom is -0.299 e. The summed E-state index contributed by atoms with van der Waals surface area (Å²) in [7, 11) is -2.96. The van der Waals surface area contributed by atoms with Crippen LogP contribution in [0.2, 0.25) is 0 Å². The van der Waals surface area contributed by atoms with Crippen LogP contribution in [0.3, 0.4) is 0 Å². The number of carbonyl (C=O) groups is 1. The fourth-order valence-corrected chi connectivity index (χ4v) is 4.38. The van der Waals surface area contributed by atoms with Crippen LogP contribution in [-0.4, -0.2) is 25.7 Å². The van der Waals surface area contributed by atoms with Gasteiger partial charge in [0.2, 0.25) is 0 Å². The minimum absolute atomic E-state index is 0.0374. The summed E-state index contributed by atoms with van der Waals surface area (Å²) >= 11 is 0. The molecule has 0 aliphatic heterocycles. The first kappa shape index (κ1) is 16.7. The van der Waals surface area contributed by atoms with Gasteiger partial charge in [-0.1, -0.05) is 27.7 Å². The Morgan fingerprint density at radius 2 is 1.84 bits per heavy atom. The molecule has 19 heavy (non-hydrogen) atoms. The lowest BCUT2D eigenvalue weighted by atomic mass is 9.68. The van der Waals surface area contributed by atoms with Crippen LogP contribution in [0, 0.1) is 17.3 Å². The Morgan fingerprint density at radius 3 is 2.37 bits per heavy atom. The average Bonchev–Trinajstić information content (AvgIpc) is 2.26. The Hall–Kier alpha value is -0.380. The molecule has 112 valence electrons. The van der Waals surface area contributed by atoms with E-state index in [2.05, 4.69) is 20.8 Å². The van der Waals surface area contributed by atoms with Gasteiger partial charge in [-0.2, -0.15) is 0 Å². The molecule has 0 aromatic heterocycles. The number of carbonyl (C=O) groups excluding carboxylic acids is 1. The molecule has 0 amide bonds. The predicted molar refractivity (Wildman–Crippen MR) is 78.9 cm³/mol. The molecular weight excluding hydrogens is 260 g/mol. The van der Waals surface area contributed by atoms with Crippen LogP contribution >= 0.6 is 0 Å². The van der Waals surface area contributed by atoms with Crippen molar-refractivity contribution in [3.63, 3.8) is 0 Å². The molecule has 1 aliphatic rings. The SMILES string of the molecule is CCCS(=O)(=O)CCC1CC(C(C)(C)C)CCC1=O. The van der Waals surface area contributed by atoms with Crippen LogP contribution in [0.5, 0.6) is 0 Å². The quantitative estimate of drug-likeness (QED) is 0.780. The summed E-state index contributed by atoms with van der Waals surface area (Å²) in [6, 6.07) is 0. The van der Waals surface area contributed by atoms with Gasteiger partial charge in [-0.25, -0.2) is 8.42 Å². The minimum atomic E-state index is -2.96. The average molecular weight is 288 g/mol. The number of sulfone groups is 1. The van der Waals surface area contributed by atoms with Crippen LogP contribution in [0.4, 0.5) is 0 Å². The van der Waals surface area contributed by atoms with Gasteiger partial charge in [0.05, 0.1) is 5.75 Å². The second-order valence-corrected chi connectivity index (χ2v) is 9.24. The fourth-order valence-electron chi connectivity index (χ4n) is 2.91. The molecule has 1 rings (SSSR count). The molecule has 0 spiro atoms. The highest BCUT2D eigenvalue weighted by atomic mass is 32.2. The van der Waals surface area contributed by atoms with Crippen LogP contribution in [0.25, 0.3) is 0 Å². The molecule has 2 unspecified atom stereocenters. The number of ketones is 1. The molecule has 0 aromatic carbocycles. The van der Waals surface area contributed by atoms with Crippen molar-refractivity contribution >= 4 is 15.6 Å². The molecule has 3 nitrogen and oxygen atoms in total. The molecule has 1 fully saturated rings. The van der Waals surface area contributed by atoms with Crippen molar-refractivity contribution < 1.29 is 13.2 Å². The molecule has 0 aromatic rings. The van der Waals surface area contributed by atoms with Gasteiger partial charge < -0.3 is 0 Å². The number of hydrogen-bond donors (Lipinski definition) is 0. The van der Waals surface area contributed by atoms with Crippen LogP contribution in [-0.2, 0) is 14.6 Å². The zero-order chi connectivity index (χ0) is 14.7. The standard InChI is InChI=1S/C15H28O3S/c1-5-9-19(17,18)10-8-12-11-13(15(2,3)4)6-7-14(12)16/h12-13H,5-11H2,1-4H3. The van der Waals surface area contributed by atoms with Gasteiger partial charge in [-0.05, 0) is 37.0 Å². The highest BCUT2D eigenvalue weighted by Gasteiger charge is 2.35. The van der Waals surface area contributed by atoms with E-state index >= 15 is 0 Å². The van der Waals surface area contributed by atoms with Crippen molar-refractivity contribution in [1.29, 1.82) is 0 Å². The summed E-state index contributed by atoms with van der Waals surface area (Å²) in [6.07, 6.45) is 3.63. The van der Waals surface area contributed by atoms with E-state index in [1.54, 1.807) is 0 Å². The van der Waals surface area contributed by atoms with E-state index in [0.29, 0.717) is 25.2 Å². The third kappa shape index (κ3) is 5.25. The zero-order valence-electron chi connectivity index (χ0n) is 12.7. The van der Waals surface area contributed by atoms with Gasteiger partial charge in [-0.15, -0.1) is 0 Å².